The lowest BCUT2D eigenvalue weighted by atomic mass is 9.97. The Hall–Kier alpha value is -0.610. The predicted molar refractivity (Wildman–Crippen MR) is 80.5 cm³/mol. The van der Waals surface area contributed by atoms with Crippen molar-refractivity contribution >= 4 is 5.91 Å². The highest BCUT2D eigenvalue weighted by Crippen LogP contribution is 2.25. The highest BCUT2D eigenvalue weighted by molar-refractivity contribution is 5.79. The summed E-state index contributed by atoms with van der Waals surface area (Å²) in [5.41, 5.74) is 0. The summed E-state index contributed by atoms with van der Waals surface area (Å²) in [5, 5.41) is 8.97. The van der Waals surface area contributed by atoms with Gasteiger partial charge in [-0.2, -0.15) is 0 Å². The molecule has 2 aliphatic rings. The van der Waals surface area contributed by atoms with Crippen LogP contribution < -0.4 is 0 Å². The molecule has 4 heteroatoms. The fraction of sp³-hybridized carbons (Fsp3) is 0.938. The summed E-state index contributed by atoms with van der Waals surface area (Å²) in [4.78, 5) is 17.1. The number of carbonyl (C=O) groups is 1. The summed E-state index contributed by atoms with van der Waals surface area (Å²) in [7, 11) is 0. The zero-order valence-corrected chi connectivity index (χ0v) is 13.1. The quantitative estimate of drug-likeness (QED) is 0.839. The van der Waals surface area contributed by atoms with Crippen molar-refractivity contribution in [1.29, 1.82) is 0 Å². The maximum atomic E-state index is 12.6. The van der Waals surface area contributed by atoms with Crippen LogP contribution in [0.2, 0.25) is 0 Å². The van der Waals surface area contributed by atoms with Crippen LogP contribution in [-0.4, -0.2) is 58.6 Å². The second-order valence-electron chi connectivity index (χ2n) is 6.56. The number of aliphatic hydroxyl groups is 1. The van der Waals surface area contributed by atoms with Crippen LogP contribution >= 0.6 is 0 Å². The van der Waals surface area contributed by atoms with E-state index in [9.17, 15) is 4.79 Å². The largest absolute Gasteiger partial charge is 0.396 e. The Balaban J connectivity index is 1.89. The van der Waals surface area contributed by atoms with Crippen molar-refractivity contribution in [3.05, 3.63) is 0 Å². The monoisotopic (exact) mass is 282 g/mol. The zero-order chi connectivity index (χ0) is 14.5. The molecule has 0 spiro atoms. The molecule has 20 heavy (non-hydrogen) atoms. The Morgan fingerprint density at radius 3 is 2.50 bits per heavy atom. The van der Waals surface area contributed by atoms with Crippen molar-refractivity contribution in [1.82, 2.24) is 9.80 Å². The fourth-order valence-corrected chi connectivity index (χ4v) is 3.93. The summed E-state index contributed by atoms with van der Waals surface area (Å²) < 4.78 is 0. The number of rotatable bonds is 5. The van der Waals surface area contributed by atoms with Crippen LogP contribution in [-0.2, 0) is 4.79 Å². The van der Waals surface area contributed by atoms with E-state index in [1.165, 1.54) is 19.3 Å². The Bertz CT molecular complexity index is 312. The Morgan fingerprint density at radius 2 is 1.85 bits per heavy atom. The van der Waals surface area contributed by atoms with Crippen LogP contribution in [0.25, 0.3) is 0 Å². The van der Waals surface area contributed by atoms with Crippen molar-refractivity contribution in [3.63, 3.8) is 0 Å². The summed E-state index contributed by atoms with van der Waals surface area (Å²) in [6, 6.07) is 1.29. The average molecular weight is 282 g/mol. The van der Waals surface area contributed by atoms with Crippen molar-refractivity contribution in [2.24, 2.45) is 0 Å². The van der Waals surface area contributed by atoms with Crippen LogP contribution in [0.3, 0.4) is 0 Å². The molecule has 0 aromatic heterocycles. The van der Waals surface area contributed by atoms with Crippen molar-refractivity contribution < 1.29 is 9.90 Å². The SMILES string of the molecule is CC1CCCC(C)N1C(=O)CN1CCCC1CCCO. The summed E-state index contributed by atoms with van der Waals surface area (Å²) in [5.74, 6) is 0.306. The van der Waals surface area contributed by atoms with Gasteiger partial charge in [-0.05, 0) is 65.3 Å². The topological polar surface area (TPSA) is 43.8 Å². The molecule has 0 aromatic carbocycles. The number of carbonyl (C=O) groups excluding carboxylic acids is 1. The molecule has 0 aliphatic carbocycles. The summed E-state index contributed by atoms with van der Waals surface area (Å²) in [6.07, 6.45) is 7.77. The van der Waals surface area contributed by atoms with Crippen molar-refractivity contribution in [2.45, 2.75) is 76.9 Å². The molecule has 2 fully saturated rings. The number of likely N-dealkylation sites (tertiary alicyclic amines) is 2. The first kappa shape index (κ1) is 15.8. The molecule has 3 atom stereocenters. The van der Waals surface area contributed by atoms with Gasteiger partial charge in [-0.25, -0.2) is 0 Å². The molecule has 1 amide bonds. The van der Waals surface area contributed by atoms with Gasteiger partial charge in [0.25, 0.3) is 0 Å². The van der Waals surface area contributed by atoms with Crippen LogP contribution in [0, 0.1) is 0 Å². The van der Waals surface area contributed by atoms with E-state index in [-0.39, 0.29) is 6.61 Å². The third kappa shape index (κ3) is 3.73. The van der Waals surface area contributed by atoms with Gasteiger partial charge in [0.1, 0.15) is 0 Å². The minimum atomic E-state index is 0.262. The van der Waals surface area contributed by atoms with Crippen LogP contribution in [0.15, 0.2) is 0 Å². The second-order valence-corrected chi connectivity index (χ2v) is 6.56. The minimum Gasteiger partial charge on any atom is -0.396 e. The molecule has 2 aliphatic heterocycles. The summed E-state index contributed by atoms with van der Waals surface area (Å²) in [6.45, 7) is 6.24. The maximum absolute atomic E-state index is 12.6. The lowest BCUT2D eigenvalue weighted by molar-refractivity contribution is -0.138. The number of piperidine rings is 1. The van der Waals surface area contributed by atoms with E-state index in [0.29, 0.717) is 30.6 Å². The van der Waals surface area contributed by atoms with Crippen molar-refractivity contribution in [3.8, 4) is 0 Å². The van der Waals surface area contributed by atoms with Gasteiger partial charge in [0.15, 0.2) is 0 Å². The van der Waals surface area contributed by atoms with E-state index in [2.05, 4.69) is 23.6 Å². The third-order valence-corrected chi connectivity index (χ3v) is 5.01. The normalized spacial score (nSPS) is 31.8. The van der Waals surface area contributed by atoms with Gasteiger partial charge in [0.05, 0.1) is 6.54 Å². The highest BCUT2D eigenvalue weighted by Gasteiger charge is 2.32. The smallest absolute Gasteiger partial charge is 0.237 e. The highest BCUT2D eigenvalue weighted by atomic mass is 16.3. The molecule has 1 N–H and O–H groups in total. The molecule has 116 valence electrons. The first-order valence-corrected chi connectivity index (χ1v) is 8.29. The Kier molecular flexibility index (Phi) is 5.85. The van der Waals surface area contributed by atoms with Gasteiger partial charge >= 0.3 is 0 Å². The molecule has 4 nitrogen and oxygen atoms in total. The number of hydrogen-bond donors (Lipinski definition) is 1. The van der Waals surface area contributed by atoms with E-state index in [0.717, 1.165) is 32.2 Å². The molecule has 3 unspecified atom stereocenters. The Morgan fingerprint density at radius 1 is 1.15 bits per heavy atom. The molecular weight excluding hydrogens is 252 g/mol. The second kappa shape index (κ2) is 7.41. The van der Waals surface area contributed by atoms with Crippen molar-refractivity contribution in [2.75, 3.05) is 19.7 Å². The van der Waals surface area contributed by atoms with Gasteiger partial charge in [0.2, 0.25) is 5.91 Å². The van der Waals surface area contributed by atoms with E-state index in [4.69, 9.17) is 5.11 Å². The molecule has 0 aromatic rings. The average Bonchev–Trinajstić information content (AvgIpc) is 2.83. The molecular formula is C16H30N2O2. The van der Waals surface area contributed by atoms with E-state index < -0.39 is 0 Å². The van der Waals surface area contributed by atoms with Gasteiger partial charge < -0.3 is 10.0 Å². The van der Waals surface area contributed by atoms with Gasteiger partial charge in [-0.1, -0.05) is 0 Å². The van der Waals surface area contributed by atoms with E-state index in [1.54, 1.807) is 0 Å². The van der Waals surface area contributed by atoms with Crippen LogP contribution in [0.4, 0.5) is 0 Å². The molecule has 2 heterocycles. The first-order valence-electron chi connectivity index (χ1n) is 8.29. The predicted octanol–water partition coefficient (Wildman–Crippen LogP) is 2.01. The van der Waals surface area contributed by atoms with Crippen LogP contribution in [0.1, 0.15) is 58.8 Å². The van der Waals surface area contributed by atoms with Gasteiger partial charge in [-0.3, -0.25) is 9.69 Å². The molecule has 0 saturated carbocycles. The summed E-state index contributed by atoms with van der Waals surface area (Å²) >= 11 is 0. The lowest BCUT2D eigenvalue weighted by Crippen LogP contribution is -2.51. The van der Waals surface area contributed by atoms with E-state index >= 15 is 0 Å². The van der Waals surface area contributed by atoms with Gasteiger partial charge in [-0.15, -0.1) is 0 Å². The molecule has 0 radical (unpaired) electrons. The maximum Gasteiger partial charge on any atom is 0.237 e. The number of nitrogens with zero attached hydrogens (tertiary/aromatic N) is 2. The standard InChI is InChI=1S/C16H30N2O2/c1-13-6-3-7-14(2)18(13)16(20)12-17-10-4-8-15(17)9-5-11-19/h13-15,19H,3-12H2,1-2H3. The fourth-order valence-electron chi connectivity index (χ4n) is 3.93. The van der Waals surface area contributed by atoms with E-state index in [1.807, 2.05) is 0 Å². The molecule has 0 bridgehead atoms. The number of amides is 1. The molecule has 2 rings (SSSR count). The van der Waals surface area contributed by atoms with Crippen LogP contribution in [0.5, 0.6) is 0 Å². The molecule has 2 saturated heterocycles. The minimum absolute atomic E-state index is 0.262. The zero-order valence-electron chi connectivity index (χ0n) is 13.1. The third-order valence-electron chi connectivity index (χ3n) is 5.01. The van der Waals surface area contributed by atoms with Gasteiger partial charge in [0, 0.05) is 24.7 Å². The first-order chi connectivity index (χ1) is 9.63. The number of hydrogen-bond acceptors (Lipinski definition) is 3. The Labute approximate surface area is 123 Å². The lowest BCUT2D eigenvalue weighted by Gasteiger charge is -2.40. The number of aliphatic hydroxyl groups excluding tert-OH is 1.